The molecule has 0 N–H and O–H groups in total. The molecule has 0 saturated carbocycles. The molecule has 4 nitrogen and oxygen atoms in total. The van der Waals surface area contributed by atoms with Crippen molar-refractivity contribution in [3.05, 3.63) is 96.6 Å². The van der Waals surface area contributed by atoms with Crippen molar-refractivity contribution >= 4 is 17.2 Å². The van der Waals surface area contributed by atoms with Crippen LogP contribution in [-0.2, 0) is 0 Å². The third-order valence-corrected chi connectivity index (χ3v) is 4.24. The van der Waals surface area contributed by atoms with Gasteiger partial charge in [0.05, 0.1) is 19.5 Å². The summed E-state index contributed by atoms with van der Waals surface area (Å²) in [5.41, 5.74) is 2.84. The Morgan fingerprint density at radius 1 is 0.840 bits per heavy atom. The summed E-state index contributed by atoms with van der Waals surface area (Å²) in [6.45, 7) is 1.23. The second kappa shape index (κ2) is 6.69. The number of ketones is 1. The summed E-state index contributed by atoms with van der Waals surface area (Å²) in [4.78, 5) is 17.1. The van der Waals surface area contributed by atoms with Gasteiger partial charge in [0.2, 0.25) is 5.78 Å². The van der Waals surface area contributed by atoms with E-state index in [0.717, 1.165) is 11.4 Å². The van der Waals surface area contributed by atoms with Crippen LogP contribution in [0.5, 0.6) is 0 Å². The number of hydrogen-bond donors (Lipinski definition) is 0. The Morgan fingerprint density at radius 3 is 2.16 bits per heavy atom. The Kier molecular flexibility index (Phi) is 4.09. The van der Waals surface area contributed by atoms with Crippen molar-refractivity contribution in [2.24, 2.45) is 0 Å². The number of nitrogens with zero attached hydrogens (tertiary/aromatic N) is 2. The summed E-state index contributed by atoms with van der Waals surface area (Å²) >= 11 is 0. The molecule has 4 rings (SSSR count). The lowest BCUT2D eigenvalue weighted by molar-refractivity contribution is 0.100. The number of hydrogen-bond acceptors (Lipinski definition) is 4. The van der Waals surface area contributed by atoms with Crippen molar-refractivity contribution in [1.29, 1.82) is 0 Å². The van der Waals surface area contributed by atoms with E-state index in [1.54, 1.807) is 12.1 Å². The van der Waals surface area contributed by atoms with Crippen molar-refractivity contribution in [2.45, 2.75) is 0 Å². The van der Waals surface area contributed by atoms with Crippen LogP contribution in [-0.4, -0.2) is 19.0 Å². The number of benzene rings is 2. The van der Waals surface area contributed by atoms with Crippen LogP contribution < -0.4 is 9.80 Å². The molecule has 2 aromatic carbocycles. The molecule has 0 spiro atoms. The van der Waals surface area contributed by atoms with E-state index >= 15 is 0 Å². The summed E-state index contributed by atoms with van der Waals surface area (Å²) in [5.74, 6) is 0.292. The van der Waals surface area contributed by atoms with Crippen molar-refractivity contribution in [1.82, 2.24) is 0 Å². The highest BCUT2D eigenvalue weighted by Crippen LogP contribution is 2.25. The maximum atomic E-state index is 12.8. The Labute approximate surface area is 146 Å². The minimum Gasteiger partial charge on any atom is -0.461 e. The van der Waals surface area contributed by atoms with E-state index in [1.807, 2.05) is 54.7 Å². The SMILES string of the molecule is O=C(C1=CN(c2ccccc2)CN(c2ccccc2)C1)c1ccco1. The van der Waals surface area contributed by atoms with Crippen molar-refractivity contribution in [3.63, 3.8) is 0 Å². The molecule has 1 aromatic heterocycles. The zero-order valence-electron chi connectivity index (χ0n) is 13.7. The number of Topliss-reactive ketones (excluding diaryl/α,β-unsaturated/α-hetero) is 1. The van der Waals surface area contributed by atoms with Gasteiger partial charge in [-0.1, -0.05) is 36.4 Å². The second-order valence-electron chi connectivity index (χ2n) is 5.94. The Balaban J connectivity index is 1.70. The third-order valence-electron chi connectivity index (χ3n) is 4.24. The second-order valence-corrected chi connectivity index (χ2v) is 5.94. The maximum absolute atomic E-state index is 12.8. The molecule has 1 aliphatic heterocycles. The molecule has 4 heteroatoms. The van der Waals surface area contributed by atoms with E-state index in [4.69, 9.17) is 4.42 Å². The monoisotopic (exact) mass is 330 g/mol. The van der Waals surface area contributed by atoms with Gasteiger partial charge in [0, 0.05) is 23.1 Å². The topological polar surface area (TPSA) is 36.7 Å². The van der Waals surface area contributed by atoms with E-state index in [1.165, 1.54) is 6.26 Å². The van der Waals surface area contributed by atoms with Gasteiger partial charge < -0.3 is 14.2 Å². The van der Waals surface area contributed by atoms with Crippen LogP contribution in [0.1, 0.15) is 10.6 Å². The number of carbonyl (C=O) groups excluding carboxylic acids is 1. The van der Waals surface area contributed by atoms with Gasteiger partial charge in [0.1, 0.15) is 0 Å². The van der Waals surface area contributed by atoms with Crippen molar-refractivity contribution < 1.29 is 9.21 Å². The predicted molar refractivity (Wildman–Crippen MR) is 98.7 cm³/mol. The van der Waals surface area contributed by atoms with Gasteiger partial charge >= 0.3 is 0 Å². The molecule has 0 aliphatic carbocycles. The molecule has 25 heavy (non-hydrogen) atoms. The number of anilines is 2. The molecule has 0 saturated heterocycles. The fraction of sp³-hybridized carbons (Fsp3) is 0.0952. The molecule has 0 unspecified atom stereocenters. The third kappa shape index (κ3) is 3.19. The molecular weight excluding hydrogens is 312 g/mol. The number of para-hydroxylation sites is 2. The fourth-order valence-electron chi connectivity index (χ4n) is 2.99. The fourth-order valence-corrected chi connectivity index (χ4v) is 2.99. The van der Waals surface area contributed by atoms with Gasteiger partial charge in [-0.2, -0.15) is 0 Å². The minimum absolute atomic E-state index is 0.0773. The average molecular weight is 330 g/mol. The highest BCUT2D eigenvalue weighted by molar-refractivity contribution is 6.07. The predicted octanol–water partition coefficient (Wildman–Crippen LogP) is 4.33. The van der Waals surface area contributed by atoms with Gasteiger partial charge in [-0.3, -0.25) is 4.79 Å². The highest BCUT2D eigenvalue weighted by Gasteiger charge is 2.25. The quantitative estimate of drug-likeness (QED) is 0.667. The summed E-state index contributed by atoms with van der Waals surface area (Å²) in [6.07, 6.45) is 3.46. The molecule has 1 aliphatic rings. The molecular formula is C21H18N2O2. The number of carbonyl (C=O) groups is 1. The summed E-state index contributed by atoms with van der Waals surface area (Å²) in [7, 11) is 0. The molecule has 0 atom stereocenters. The van der Waals surface area contributed by atoms with Gasteiger partial charge in [-0.05, 0) is 36.4 Å². The van der Waals surface area contributed by atoms with E-state index < -0.39 is 0 Å². The lowest BCUT2D eigenvalue weighted by atomic mass is 10.1. The summed E-state index contributed by atoms with van der Waals surface area (Å²) in [6, 6.07) is 23.6. The normalized spacial score (nSPS) is 14.3. The van der Waals surface area contributed by atoms with Crippen LogP contribution in [0.25, 0.3) is 0 Å². The summed E-state index contributed by atoms with van der Waals surface area (Å²) in [5, 5.41) is 0. The van der Waals surface area contributed by atoms with Crippen LogP contribution in [0, 0.1) is 0 Å². The van der Waals surface area contributed by atoms with Crippen LogP contribution >= 0.6 is 0 Å². The van der Waals surface area contributed by atoms with Crippen molar-refractivity contribution in [3.8, 4) is 0 Å². The highest BCUT2D eigenvalue weighted by atomic mass is 16.3. The number of rotatable bonds is 4. The van der Waals surface area contributed by atoms with Gasteiger partial charge in [-0.25, -0.2) is 0 Å². The lowest BCUT2D eigenvalue weighted by Gasteiger charge is -2.36. The molecule has 2 heterocycles. The average Bonchev–Trinajstić information content (AvgIpc) is 3.23. The largest absolute Gasteiger partial charge is 0.461 e. The first-order chi connectivity index (χ1) is 12.3. The standard InChI is InChI=1S/C21H18N2O2/c24-21(20-12-7-13-25-20)17-14-22(18-8-3-1-4-9-18)16-23(15-17)19-10-5-2-6-11-19/h1-14H,15-16H2. The Hall–Kier alpha value is -3.27. The number of furan rings is 1. The first-order valence-electron chi connectivity index (χ1n) is 8.22. The maximum Gasteiger partial charge on any atom is 0.227 e. The van der Waals surface area contributed by atoms with Gasteiger partial charge in [0.25, 0.3) is 0 Å². The van der Waals surface area contributed by atoms with Crippen LogP contribution in [0.2, 0.25) is 0 Å². The Bertz CT molecular complexity index is 871. The molecule has 0 fully saturated rings. The zero-order valence-corrected chi connectivity index (χ0v) is 13.7. The molecule has 0 radical (unpaired) electrons. The van der Waals surface area contributed by atoms with Crippen LogP contribution in [0.3, 0.4) is 0 Å². The lowest BCUT2D eigenvalue weighted by Crippen LogP contribution is -2.42. The zero-order chi connectivity index (χ0) is 17.1. The van der Waals surface area contributed by atoms with Gasteiger partial charge in [0.15, 0.2) is 5.76 Å². The molecule has 124 valence electrons. The van der Waals surface area contributed by atoms with Crippen LogP contribution in [0.4, 0.5) is 11.4 Å². The first kappa shape index (κ1) is 15.3. The van der Waals surface area contributed by atoms with Crippen LogP contribution in [0.15, 0.2) is 95.2 Å². The molecule has 0 amide bonds. The summed E-state index contributed by atoms with van der Waals surface area (Å²) < 4.78 is 5.30. The first-order valence-corrected chi connectivity index (χ1v) is 8.22. The van der Waals surface area contributed by atoms with E-state index in [9.17, 15) is 4.79 Å². The minimum atomic E-state index is -0.0773. The Morgan fingerprint density at radius 2 is 1.52 bits per heavy atom. The smallest absolute Gasteiger partial charge is 0.227 e. The molecule has 3 aromatic rings. The van der Waals surface area contributed by atoms with Gasteiger partial charge in [-0.15, -0.1) is 0 Å². The van der Waals surface area contributed by atoms with E-state index in [2.05, 4.69) is 21.9 Å². The van der Waals surface area contributed by atoms with Crippen molar-refractivity contribution in [2.75, 3.05) is 23.0 Å². The van der Waals surface area contributed by atoms with E-state index in [0.29, 0.717) is 24.5 Å². The van der Waals surface area contributed by atoms with E-state index in [-0.39, 0.29) is 5.78 Å². The molecule has 0 bridgehead atoms.